The van der Waals surface area contributed by atoms with Crippen molar-refractivity contribution < 1.29 is 9.18 Å². The maximum absolute atomic E-state index is 13.9. The van der Waals surface area contributed by atoms with Crippen molar-refractivity contribution >= 4 is 5.91 Å². The molecular weight excluding hydrogens is 363 g/mol. The SMILES string of the molecule is CC(C)CC(=O)N1CC(CN2CCc3ccccc3C2)C(c2cccc(F)c2)C1. The molecule has 0 spiro atoms. The molecule has 2 aliphatic heterocycles. The molecular formula is C25H31FN2O. The zero-order valence-electron chi connectivity index (χ0n) is 17.5. The first kappa shape index (κ1) is 20.1. The molecule has 0 aliphatic carbocycles. The van der Waals surface area contributed by atoms with E-state index in [2.05, 4.69) is 43.0 Å². The summed E-state index contributed by atoms with van der Waals surface area (Å²) in [6.45, 7) is 8.59. The number of halogens is 1. The fourth-order valence-corrected chi connectivity index (χ4v) is 4.89. The fourth-order valence-electron chi connectivity index (χ4n) is 4.89. The van der Waals surface area contributed by atoms with Crippen molar-refractivity contribution in [2.75, 3.05) is 26.2 Å². The van der Waals surface area contributed by atoms with E-state index in [4.69, 9.17) is 0 Å². The van der Waals surface area contributed by atoms with Gasteiger partial charge in [-0.05, 0) is 47.1 Å². The standard InChI is InChI=1S/C25H31FN2O/c1-18(2)12-25(29)28-16-22(24(17-28)20-8-5-9-23(26)13-20)15-27-11-10-19-6-3-4-7-21(19)14-27/h3-9,13,18,22,24H,10-12,14-17H2,1-2H3. The van der Waals surface area contributed by atoms with Crippen molar-refractivity contribution in [1.82, 2.24) is 9.80 Å². The normalized spacial score (nSPS) is 22.1. The Bertz CT molecular complexity index is 865. The monoisotopic (exact) mass is 394 g/mol. The quantitative estimate of drug-likeness (QED) is 0.747. The van der Waals surface area contributed by atoms with Gasteiger partial charge in [0.15, 0.2) is 0 Å². The number of amides is 1. The minimum Gasteiger partial charge on any atom is -0.342 e. The summed E-state index contributed by atoms with van der Waals surface area (Å²) in [6.07, 6.45) is 1.66. The summed E-state index contributed by atoms with van der Waals surface area (Å²) in [7, 11) is 0. The third-order valence-electron chi connectivity index (χ3n) is 6.36. The lowest BCUT2D eigenvalue weighted by atomic mass is 9.88. The van der Waals surface area contributed by atoms with Gasteiger partial charge in [0.1, 0.15) is 5.82 Å². The van der Waals surface area contributed by atoms with E-state index >= 15 is 0 Å². The molecule has 2 atom stereocenters. The number of fused-ring (bicyclic) bond motifs is 1. The topological polar surface area (TPSA) is 23.6 Å². The molecule has 2 unspecified atom stereocenters. The zero-order chi connectivity index (χ0) is 20.4. The van der Waals surface area contributed by atoms with Gasteiger partial charge in [-0.2, -0.15) is 0 Å². The minimum atomic E-state index is -0.194. The first-order valence-electron chi connectivity index (χ1n) is 10.8. The van der Waals surface area contributed by atoms with Crippen LogP contribution in [0.3, 0.4) is 0 Å². The Kier molecular flexibility index (Phi) is 6.00. The fraction of sp³-hybridized carbons (Fsp3) is 0.480. The summed E-state index contributed by atoms with van der Waals surface area (Å²) in [6, 6.07) is 15.6. The van der Waals surface area contributed by atoms with Crippen LogP contribution in [0.25, 0.3) is 0 Å². The van der Waals surface area contributed by atoms with Crippen LogP contribution in [0.5, 0.6) is 0 Å². The number of hydrogen-bond acceptors (Lipinski definition) is 2. The summed E-state index contributed by atoms with van der Waals surface area (Å²) in [4.78, 5) is 17.3. The predicted molar refractivity (Wildman–Crippen MR) is 114 cm³/mol. The molecule has 2 aromatic rings. The van der Waals surface area contributed by atoms with Gasteiger partial charge >= 0.3 is 0 Å². The average molecular weight is 395 g/mol. The Hall–Kier alpha value is -2.20. The molecule has 1 saturated heterocycles. The van der Waals surface area contributed by atoms with Gasteiger partial charge < -0.3 is 4.90 Å². The van der Waals surface area contributed by atoms with Gasteiger partial charge in [-0.3, -0.25) is 9.69 Å². The second-order valence-electron chi connectivity index (χ2n) is 9.07. The lowest BCUT2D eigenvalue weighted by Gasteiger charge is -2.32. The predicted octanol–water partition coefficient (Wildman–Crippen LogP) is 4.47. The van der Waals surface area contributed by atoms with Gasteiger partial charge in [0, 0.05) is 45.1 Å². The molecule has 0 N–H and O–H groups in total. The smallest absolute Gasteiger partial charge is 0.222 e. The van der Waals surface area contributed by atoms with Gasteiger partial charge in [0.2, 0.25) is 5.91 Å². The van der Waals surface area contributed by atoms with Crippen LogP contribution < -0.4 is 0 Å². The molecule has 1 fully saturated rings. The molecule has 154 valence electrons. The highest BCUT2D eigenvalue weighted by molar-refractivity contribution is 5.76. The van der Waals surface area contributed by atoms with E-state index in [-0.39, 0.29) is 17.6 Å². The molecule has 0 aromatic heterocycles. The maximum atomic E-state index is 13.9. The second-order valence-corrected chi connectivity index (χ2v) is 9.07. The minimum absolute atomic E-state index is 0.194. The molecule has 0 radical (unpaired) electrons. The molecule has 2 aliphatic rings. The molecule has 29 heavy (non-hydrogen) atoms. The van der Waals surface area contributed by atoms with Crippen molar-refractivity contribution in [3.05, 3.63) is 71.0 Å². The molecule has 0 bridgehead atoms. The summed E-state index contributed by atoms with van der Waals surface area (Å²) in [5.74, 6) is 0.915. The maximum Gasteiger partial charge on any atom is 0.222 e. The van der Waals surface area contributed by atoms with Crippen LogP contribution in [-0.4, -0.2) is 41.9 Å². The second kappa shape index (κ2) is 8.66. The Morgan fingerprint density at radius 2 is 1.90 bits per heavy atom. The number of nitrogens with zero attached hydrogens (tertiary/aromatic N) is 2. The van der Waals surface area contributed by atoms with Crippen molar-refractivity contribution in [3.8, 4) is 0 Å². The molecule has 0 saturated carbocycles. The third-order valence-corrected chi connectivity index (χ3v) is 6.36. The molecule has 2 heterocycles. The molecule has 1 amide bonds. The Morgan fingerprint density at radius 3 is 2.66 bits per heavy atom. The van der Waals surface area contributed by atoms with Crippen LogP contribution in [0.1, 0.15) is 42.9 Å². The van der Waals surface area contributed by atoms with Crippen LogP contribution in [0.15, 0.2) is 48.5 Å². The first-order chi connectivity index (χ1) is 14.0. The highest BCUT2D eigenvalue weighted by Crippen LogP contribution is 2.35. The summed E-state index contributed by atoms with van der Waals surface area (Å²) in [5, 5.41) is 0. The van der Waals surface area contributed by atoms with Gasteiger partial charge in [-0.1, -0.05) is 50.2 Å². The number of likely N-dealkylation sites (tertiary alicyclic amines) is 1. The largest absolute Gasteiger partial charge is 0.342 e. The van der Waals surface area contributed by atoms with Crippen LogP contribution in [0.4, 0.5) is 4.39 Å². The summed E-state index contributed by atoms with van der Waals surface area (Å²) >= 11 is 0. The van der Waals surface area contributed by atoms with E-state index in [1.165, 1.54) is 17.2 Å². The molecule has 4 heteroatoms. The van der Waals surface area contributed by atoms with Crippen LogP contribution in [0.2, 0.25) is 0 Å². The van der Waals surface area contributed by atoms with E-state index < -0.39 is 0 Å². The highest BCUT2D eigenvalue weighted by atomic mass is 19.1. The summed E-state index contributed by atoms with van der Waals surface area (Å²) in [5.41, 5.74) is 3.88. The Balaban J connectivity index is 1.51. The Labute approximate surface area is 173 Å². The third kappa shape index (κ3) is 4.69. The Morgan fingerprint density at radius 1 is 1.10 bits per heavy atom. The van der Waals surface area contributed by atoms with E-state index in [0.717, 1.165) is 38.2 Å². The van der Waals surface area contributed by atoms with Crippen LogP contribution in [-0.2, 0) is 17.8 Å². The number of carbonyl (C=O) groups is 1. The van der Waals surface area contributed by atoms with E-state index in [0.29, 0.717) is 24.8 Å². The van der Waals surface area contributed by atoms with E-state index in [1.54, 1.807) is 12.1 Å². The lowest BCUT2D eigenvalue weighted by molar-refractivity contribution is -0.131. The molecule has 2 aromatic carbocycles. The highest BCUT2D eigenvalue weighted by Gasteiger charge is 2.37. The zero-order valence-corrected chi connectivity index (χ0v) is 17.5. The van der Waals surface area contributed by atoms with Gasteiger partial charge in [-0.25, -0.2) is 4.39 Å². The van der Waals surface area contributed by atoms with Crippen LogP contribution >= 0.6 is 0 Å². The first-order valence-corrected chi connectivity index (χ1v) is 10.8. The van der Waals surface area contributed by atoms with Crippen molar-refractivity contribution in [1.29, 1.82) is 0 Å². The van der Waals surface area contributed by atoms with Gasteiger partial charge in [-0.15, -0.1) is 0 Å². The van der Waals surface area contributed by atoms with E-state index in [9.17, 15) is 9.18 Å². The number of hydrogen-bond donors (Lipinski definition) is 0. The van der Waals surface area contributed by atoms with Gasteiger partial charge in [0.05, 0.1) is 0 Å². The van der Waals surface area contributed by atoms with Crippen molar-refractivity contribution in [3.63, 3.8) is 0 Å². The van der Waals surface area contributed by atoms with Crippen molar-refractivity contribution in [2.45, 2.75) is 39.2 Å². The molecule has 4 rings (SSSR count). The van der Waals surface area contributed by atoms with E-state index in [1.807, 2.05) is 11.0 Å². The average Bonchev–Trinajstić information content (AvgIpc) is 3.11. The molecule has 3 nitrogen and oxygen atoms in total. The van der Waals surface area contributed by atoms with Crippen LogP contribution in [0, 0.1) is 17.7 Å². The summed E-state index contributed by atoms with van der Waals surface area (Å²) < 4.78 is 13.9. The van der Waals surface area contributed by atoms with Gasteiger partial charge in [0.25, 0.3) is 0 Å². The number of carbonyl (C=O) groups excluding carboxylic acids is 1. The van der Waals surface area contributed by atoms with Crippen molar-refractivity contribution in [2.24, 2.45) is 11.8 Å². The lowest BCUT2D eigenvalue weighted by Crippen LogP contribution is -2.37. The number of rotatable bonds is 5. The number of benzene rings is 2.